The number of hydrogen-bond donors (Lipinski definition) is 0. The van der Waals surface area contributed by atoms with Gasteiger partial charge in [0.2, 0.25) is 5.91 Å². The highest BCUT2D eigenvalue weighted by Crippen LogP contribution is 2.43. The van der Waals surface area contributed by atoms with Crippen LogP contribution >= 0.6 is 0 Å². The van der Waals surface area contributed by atoms with E-state index in [0.717, 1.165) is 37.3 Å². The fraction of sp³-hybridized carbons (Fsp3) is 0.576. The summed E-state index contributed by atoms with van der Waals surface area (Å²) in [7, 11) is 2.16. The Morgan fingerprint density at radius 3 is 2.80 bits per heavy atom. The van der Waals surface area contributed by atoms with E-state index in [0.29, 0.717) is 50.1 Å². The van der Waals surface area contributed by atoms with E-state index < -0.39 is 0 Å². The number of ether oxygens (including phenoxy) is 1. The standard InChI is InChI=1S/C33H42N6O2/c1-4-31(40)39-17-16-38(20-24(39)13-14-34)32-29-18-22(2)28(27-12-6-9-23-8-5-11-26(23)27)19-30(29)35-33(36-32)41-21-25-10-7-15-37(25)3/h4,6,9,12,22,24-25,28H,1,5,7-8,10-11,13,15-21H2,2-3H3. The van der Waals surface area contributed by atoms with Gasteiger partial charge in [-0.3, -0.25) is 4.79 Å². The predicted octanol–water partition coefficient (Wildman–Crippen LogP) is 4.07. The molecule has 0 radical (unpaired) electrons. The number of amides is 1. The highest BCUT2D eigenvalue weighted by molar-refractivity contribution is 5.87. The van der Waals surface area contributed by atoms with Gasteiger partial charge in [0, 0.05) is 31.2 Å². The van der Waals surface area contributed by atoms with Crippen molar-refractivity contribution in [2.75, 3.05) is 44.7 Å². The minimum atomic E-state index is -0.206. The SMILES string of the molecule is C=CC(=O)N1CCN(c2nc(OCC3CCCN3C)nc3c2CC(C)C(c2cccc4c2CCC4)C3)CC1CC#N. The van der Waals surface area contributed by atoms with Gasteiger partial charge in [0.1, 0.15) is 12.4 Å². The first-order valence-electron chi connectivity index (χ1n) is 15.3. The number of benzene rings is 1. The summed E-state index contributed by atoms with van der Waals surface area (Å²) in [5.74, 6) is 1.67. The number of nitriles is 1. The average molecular weight is 555 g/mol. The average Bonchev–Trinajstić information content (AvgIpc) is 3.64. The van der Waals surface area contributed by atoms with Gasteiger partial charge in [-0.25, -0.2) is 0 Å². The monoisotopic (exact) mass is 554 g/mol. The number of carbonyl (C=O) groups excluding carboxylic acids is 1. The maximum absolute atomic E-state index is 12.5. The van der Waals surface area contributed by atoms with Crippen molar-refractivity contribution in [2.45, 2.75) is 76.3 Å². The second-order valence-electron chi connectivity index (χ2n) is 12.4. The molecule has 8 heteroatoms. The number of likely N-dealkylation sites (tertiary alicyclic amines) is 1. The van der Waals surface area contributed by atoms with Gasteiger partial charge in [-0.05, 0) is 93.1 Å². The zero-order chi connectivity index (χ0) is 28.5. The van der Waals surface area contributed by atoms with Crippen molar-refractivity contribution in [3.05, 3.63) is 58.8 Å². The van der Waals surface area contributed by atoms with Crippen LogP contribution in [0, 0.1) is 17.2 Å². The van der Waals surface area contributed by atoms with Gasteiger partial charge < -0.3 is 19.4 Å². The highest BCUT2D eigenvalue weighted by Gasteiger charge is 2.36. The molecular weight excluding hydrogens is 512 g/mol. The van der Waals surface area contributed by atoms with Crippen LogP contribution in [0.25, 0.3) is 0 Å². The lowest BCUT2D eigenvalue weighted by molar-refractivity contribution is -0.128. The van der Waals surface area contributed by atoms with E-state index in [-0.39, 0.29) is 18.4 Å². The Kier molecular flexibility index (Phi) is 7.99. The molecule has 2 aliphatic heterocycles. The third-order valence-corrected chi connectivity index (χ3v) is 9.90. The summed E-state index contributed by atoms with van der Waals surface area (Å²) in [6.45, 7) is 9.46. The molecule has 8 nitrogen and oxygen atoms in total. The third kappa shape index (κ3) is 5.44. The Morgan fingerprint density at radius 1 is 1.15 bits per heavy atom. The van der Waals surface area contributed by atoms with Crippen LogP contribution < -0.4 is 9.64 Å². The van der Waals surface area contributed by atoms with Crippen LogP contribution in [0.1, 0.15) is 66.5 Å². The van der Waals surface area contributed by atoms with E-state index in [4.69, 9.17) is 14.7 Å². The number of aryl methyl sites for hydroxylation is 1. The smallest absolute Gasteiger partial charge is 0.318 e. The van der Waals surface area contributed by atoms with Crippen molar-refractivity contribution in [1.29, 1.82) is 5.26 Å². The molecule has 6 rings (SSSR count). The number of rotatable bonds is 7. The second-order valence-corrected chi connectivity index (χ2v) is 12.4. The number of fused-ring (bicyclic) bond motifs is 2. The quantitative estimate of drug-likeness (QED) is 0.477. The Labute approximate surface area is 244 Å². The number of likely N-dealkylation sites (N-methyl/N-ethyl adjacent to an activating group) is 1. The first kappa shape index (κ1) is 27.7. The van der Waals surface area contributed by atoms with Crippen LogP contribution in [0.3, 0.4) is 0 Å². The second kappa shape index (κ2) is 11.8. The fourth-order valence-electron chi connectivity index (χ4n) is 7.58. The van der Waals surface area contributed by atoms with E-state index >= 15 is 0 Å². The largest absolute Gasteiger partial charge is 0.462 e. The van der Waals surface area contributed by atoms with E-state index in [1.807, 2.05) is 0 Å². The normalized spacial score (nSPS) is 25.9. The van der Waals surface area contributed by atoms with Crippen molar-refractivity contribution in [3.8, 4) is 12.1 Å². The lowest BCUT2D eigenvalue weighted by Crippen LogP contribution is -2.55. The molecule has 41 heavy (non-hydrogen) atoms. The molecule has 216 valence electrons. The molecule has 4 atom stereocenters. The maximum atomic E-state index is 12.5. The zero-order valence-corrected chi connectivity index (χ0v) is 24.5. The Morgan fingerprint density at radius 2 is 2.02 bits per heavy atom. The summed E-state index contributed by atoms with van der Waals surface area (Å²) >= 11 is 0. The molecule has 1 aromatic heterocycles. The molecule has 1 aromatic carbocycles. The van der Waals surface area contributed by atoms with Gasteiger partial charge in [-0.2, -0.15) is 15.2 Å². The summed E-state index contributed by atoms with van der Waals surface area (Å²) in [6.07, 6.45) is 9.32. The van der Waals surface area contributed by atoms with Crippen LogP contribution in [0.2, 0.25) is 0 Å². The summed E-state index contributed by atoms with van der Waals surface area (Å²) in [6, 6.07) is 9.78. The fourth-order valence-corrected chi connectivity index (χ4v) is 7.58. The van der Waals surface area contributed by atoms with Crippen LogP contribution in [-0.4, -0.2) is 77.6 Å². The molecule has 3 heterocycles. The third-order valence-electron chi connectivity index (χ3n) is 9.90. The maximum Gasteiger partial charge on any atom is 0.318 e. The Balaban J connectivity index is 1.33. The Bertz CT molecular complexity index is 1350. The molecular formula is C33H42N6O2. The number of piperazine rings is 1. The summed E-state index contributed by atoms with van der Waals surface area (Å²) in [4.78, 5) is 29.0. The van der Waals surface area contributed by atoms with Gasteiger partial charge in [-0.1, -0.05) is 31.7 Å². The molecule has 4 aliphatic rings. The molecule has 2 aromatic rings. The lowest BCUT2D eigenvalue weighted by atomic mass is 9.73. The first-order valence-corrected chi connectivity index (χ1v) is 15.3. The van der Waals surface area contributed by atoms with Gasteiger partial charge in [0.25, 0.3) is 0 Å². The van der Waals surface area contributed by atoms with Gasteiger partial charge in [-0.15, -0.1) is 0 Å². The summed E-state index contributed by atoms with van der Waals surface area (Å²) in [5, 5.41) is 9.54. The molecule has 0 N–H and O–H groups in total. The van der Waals surface area contributed by atoms with Crippen molar-refractivity contribution in [1.82, 2.24) is 19.8 Å². The number of carbonyl (C=O) groups is 1. The highest BCUT2D eigenvalue weighted by atomic mass is 16.5. The molecule has 4 unspecified atom stereocenters. The van der Waals surface area contributed by atoms with Crippen molar-refractivity contribution in [2.24, 2.45) is 5.92 Å². The minimum Gasteiger partial charge on any atom is -0.462 e. The molecule has 0 saturated carbocycles. The minimum absolute atomic E-state index is 0.119. The number of aromatic nitrogens is 2. The molecule has 0 bridgehead atoms. The molecule has 1 amide bonds. The van der Waals surface area contributed by atoms with E-state index in [1.165, 1.54) is 48.4 Å². The van der Waals surface area contributed by atoms with Gasteiger partial charge in [0.15, 0.2) is 0 Å². The Hall–Kier alpha value is -3.44. The lowest BCUT2D eigenvalue weighted by Gasteiger charge is -2.42. The zero-order valence-electron chi connectivity index (χ0n) is 24.5. The predicted molar refractivity (Wildman–Crippen MR) is 159 cm³/mol. The summed E-state index contributed by atoms with van der Waals surface area (Å²) in [5.41, 5.74) is 6.86. The van der Waals surface area contributed by atoms with E-state index in [1.54, 1.807) is 10.5 Å². The van der Waals surface area contributed by atoms with Gasteiger partial charge in [0.05, 0.1) is 24.2 Å². The first-order chi connectivity index (χ1) is 20.0. The molecule has 2 saturated heterocycles. The topological polar surface area (TPSA) is 85.6 Å². The van der Waals surface area contributed by atoms with E-state index in [9.17, 15) is 10.1 Å². The summed E-state index contributed by atoms with van der Waals surface area (Å²) < 4.78 is 6.33. The molecule has 2 aliphatic carbocycles. The van der Waals surface area contributed by atoms with Crippen molar-refractivity contribution < 1.29 is 9.53 Å². The van der Waals surface area contributed by atoms with Gasteiger partial charge >= 0.3 is 6.01 Å². The van der Waals surface area contributed by atoms with E-state index in [2.05, 4.69) is 54.6 Å². The number of hydrogen-bond acceptors (Lipinski definition) is 7. The van der Waals surface area contributed by atoms with Crippen molar-refractivity contribution in [3.63, 3.8) is 0 Å². The van der Waals surface area contributed by atoms with Crippen molar-refractivity contribution >= 4 is 11.7 Å². The van der Waals surface area contributed by atoms with Crippen LogP contribution in [-0.2, 0) is 30.5 Å². The number of nitrogens with zero attached hydrogens (tertiary/aromatic N) is 6. The van der Waals surface area contributed by atoms with Crippen LogP contribution in [0.4, 0.5) is 5.82 Å². The van der Waals surface area contributed by atoms with Crippen LogP contribution in [0.15, 0.2) is 30.9 Å². The molecule has 2 fully saturated rings. The van der Waals surface area contributed by atoms with Crippen LogP contribution in [0.5, 0.6) is 6.01 Å². The number of anilines is 1. The molecule has 0 spiro atoms.